The van der Waals surface area contributed by atoms with Gasteiger partial charge in [0.1, 0.15) is 5.60 Å². The number of nitrogens with zero attached hydrogens (tertiary/aromatic N) is 5. The fourth-order valence-corrected chi connectivity index (χ4v) is 5.73. The molecule has 2 aliphatic heterocycles. The van der Waals surface area contributed by atoms with Gasteiger partial charge in [0, 0.05) is 64.1 Å². The summed E-state index contributed by atoms with van der Waals surface area (Å²) in [5.41, 5.74) is 9.05. The van der Waals surface area contributed by atoms with Crippen LogP contribution in [-0.2, 0) is 37.0 Å². The average molecular weight is 650 g/mol. The Bertz CT molecular complexity index is 1480. The first kappa shape index (κ1) is 35.4. The second-order valence-electron chi connectivity index (χ2n) is 13.0. The van der Waals surface area contributed by atoms with Gasteiger partial charge in [0.05, 0.1) is 19.0 Å². The minimum absolute atomic E-state index is 0.0437. The minimum atomic E-state index is -0.672. The first-order valence-corrected chi connectivity index (χ1v) is 16.0. The third-order valence-corrected chi connectivity index (χ3v) is 8.40. The largest absolute Gasteiger partial charge is 0.444 e. The lowest BCUT2D eigenvalue weighted by Gasteiger charge is -2.31. The van der Waals surface area contributed by atoms with Crippen LogP contribution in [-0.4, -0.2) is 96.6 Å². The molecule has 1 atom stereocenters. The van der Waals surface area contributed by atoms with Gasteiger partial charge in [-0.2, -0.15) is 0 Å². The Kier molecular flexibility index (Phi) is 11.2. The molecule has 4 rings (SSSR count). The van der Waals surface area contributed by atoms with Gasteiger partial charge in [-0.15, -0.1) is 0 Å². The fraction of sp³-hybridized carbons (Fsp3) is 0.500. The van der Waals surface area contributed by atoms with Crippen molar-refractivity contribution in [2.24, 2.45) is 11.7 Å². The zero-order valence-electron chi connectivity index (χ0n) is 28.2. The highest BCUT2D eigenvalue weighted by Gasteiger charge is 2.34. The molecule has 5 amide bonds. The van der Waals surface area contributed by atoms with Crippen molar-refractivity contribution in [3.05, 3.63) is 59.2 Å². The third-order valence-electron chi connectivity index (χ3n) is 8.40. The summed E-state index contributed by atoms with van der Waals surface area (Å²) in [5, 5.41) is 6.54. The van der Waals surface area contributed by atoms with Crippen LogP contribution < -0.4 is 20.9 Å². The summed E-state index contributed by atoms with van der Waals surface area (Å²) < 4.78 is 5.55. The van der Waals surface area contributed by atoms with Gasteiger partial charge in [0.2, 0.25) is 17.7 Å². The average Bonchev–Trinajstić information content (AvgIpc) is 3.62. The molecule has 0 bridgehead atoms. The van der Waals surface area contributed by atoms with E-state index in [2.05, 4.69) is 17.4 Å². The second kappa shape index (κ2) is 14.9. The lowest BCUT2D eigenvalue weighted by molar-refractivity contribution is -0.145. The molecule has 2 aromatic carbocycles. The Morgan fingerprint density at radius 1 is 1.00 bits per heavy atom. The van der Waals surface area contributed by atoms with E-state index in [1.54, 1.807) is 55.9 Å². The number of anilines is 2. The van der Waals surface area contributed by atoms with Gasteiger partial charge in [0.15, 0.2) is 0 Å². The summed E-state index contributed by atoms with van der Waals surface area (Å²) >= 11 is 0. The quantitative estimate of drug-likeness (QED) is 0.356. The summed E-state index contributed by atoms with van der Waals surface area (Å²) in [7, 11) is 1.72. The standard InChI is InChI=1S/C34H47N7O6/c1-7-38(33(46)47-34(3,4)5)14-15-40(28-13-12-27(16-23(28)2)41-22-26(32(35)45)17-29(41)42)31(44)19-36-18-30(43)37(6)39-20-24-10-8-9-11-25(24)21-39/h8-13,16,26,36H,7,14-15,17-22H2,1-6H3,(H2,35,45). The number of nitrogens with two attached hydrogens (primary N) is 1. The van der Waals surface area contributed by atoms with E-state index in [-0.39, 0.29) is 56.9 Å². The molecule has 2 aliphatic rings. The van der Waals surface area contributed by atoms with E-state index in [0.29, 0.717) is 31.0 Å². The third kappa shape index (κ3) is 8.86. The summed E-state index contributed by atoms with van der Waals surface area (Å²) in [6.45, 7) is 11.1. The van der Waals surface area contributed by atoms with Crippen LogP contribution in [0.3, 0.4) is 0 Å². The van der Waals surface area contributed by atoms with Crippen LogP contribution in [0.25, 0.3) is 0 Å². The Labute approximate surface area is 276 Å². The number of hydrazine groups is 1. The number of benzene rings is 2. The fourth-order valence-electron chi connectivity index (χ4n) is 5.73. The number of ether oxygens (including phenoxy) is 1. The zero-order valence-corrected chi connectivity index (χ0v) is 28.2. The predicted molar refractivity (Wildman–Crippen MR) is 178 cm³/mol. The Morgan fingerprint density at radius 3 is 2.19 bits per heavy atom. The van der Waals surface area contributed by atoms with E-state index < -0.39 is 23.5 Å². The summed E-state index contributed by atoms with van der Waals surface area (Å²) in [5.74, 6) is -1.73. The van der Waals surface area contributed by atoms with E-state index in [1.807, 2.05) is 31.0 Å². The monoisotopic (exact) mass is 649 g/mol. The van der Waals surface area contributed by atoms with Crippen LogP contribution in [0.15, 0.2) is 42.5 Å². The van der Waals surface area contributed by atoms with Crippen molar-refractivity contribution in [2.45, 2.75) is 59.7 Å². The molecule has 3 N–H and O–H groups in total. The van der Waals surface area contributed by atoms with Crippen molar-refractivity contribution < 1.29 is 28.7 Å². The summed E-state index contributed by atoms with van der Waals surface area (Å²) in [6, 6.07) is 13.3. The number of carbonyl (C=O) groups is 5. The van der Waals surface area contributed by atoms with Crippen molar-refractivity contribution in [1.82, 2.24) is 20.2 Å². The summed E-state index contributed by atoms with van der Waals surface area (Å²) in [6.07, 6.45) is -0.422. The lowest BCUT2D eigenvalue weighted by Crippen LogP contribution is -2.48. The van der Waals surface area contributed by atoms with E-state index in [9.17, 15) is 24.0 Å². The number of carbonyl (C=O) groups excluding carboxylic acids is 5. The molecule has 13 nitrogen and oxygen atoms in total. The number of hydrogen-bond donors (Lipinski definition) is 2. The number of amides is 5. The normalized spacial score (nSPS) is 16.2. The van der Waals surface area contributed by atoms with Crippen LogP contribution in [0.1, 0.15) is 50.8 Å². The molecule has 2 heterocycles. The first-order valence-electron chi connectivity index (χ1n) is 16.0. The number of primary amides is 1. The highest BCUT2D eigenvalue weighted by atomic mass is 16.6. The van der Waals surface area contributed by atoms with Crippen molar-refractivity contribution >= 4 is 41.1 Å². The molecule has 47 heavy (non-hydrogen) atoms. The van der Waals surface area contributed by atoms with Gasteiger partial charge in [0.25, 0.3) is 5.91 Å². The Balaban J connectivity index is 1.45. The smallest absolute Gasteiger partial charge is 0.410 e. The lowest BCUT2D eigenvalue weighted by atomic mass is 10.1. The highest BCUT2D eigenvalue weighted by Crippen LogP contribution is 2.30. The minimum Gasteiger partial charge on any atom is -0.444 e. The SMILES string of the molecule is CCN(CCN(C(=O)CNCC(=O)N(C)N1Cc2ccccc2C1)c1ccc(N2CC(C(N)=O)CC2=O)cc1C)C(=O)OC(C)(C)C. The molecular weight excluding hydrogens is 602 g/mol. The van der Waals surface area contributed by atoms with Crippen LogP contribution in [0.4, 0.5) is 16.2 Å². The molecule has 1 saturated heterocycles. The number of likely N-dealkylation sites (N-methyl/N-ethyl adjacent to an activating group) is 2. The molecular formula is C34H47N7O6. The van der Waals surface area contributed by atoms with Crippen molar-refractivity contribution in [2.75, 3.05) is 56.1 Å². The van der Waals surface area contributed by atoms with Gasteiger partial charge in [-0.25, -0.2) is 9.80 Å². The maximum Gasteiger partial charge on any atom is 0.410 e. The summed E-state index contributed by atoms with van der Waals surface area (Å²) in [4.78, 5) is 68.6. The number of fused-ring (bicyclic) bond motifs is 1. The number of aryl methyl sites for hydroxylation is 1. The Hall–Kier alpha value is -4.49. The predicted octanol–water partition coefficient (Wildman–Crippen LogP) is 2.40. The van der Waals surface area contributed by atoms with E-state index in [1.165, 1.54) is 20.9 Å². The number of nitrogens with one attached hydrogen (secondary N) is 1. The van der Waals surface area contributed by atoms with Gasteiger partial charge in [-0.05, 0) is 69.5 Å². The van der Waals surface area contributed by atoms with Crippen LogP contribution >= 0.6 is 0 Å². The molecule has 2 aromatic rings. The van der Waals surface area contributed by atoms with Crippen LogP contribution in [0.2, 0.25) is 0 Å². The molecule has 0 spiro atoms. The van der Waals surface area contributed by atoms with E-state index in [0.717, 1.165) is 5.56 Å². The van der Waals surface area contributed by atoms with Crippen molar-refractivity contribution in [1.29, 1.82) is 0 Å². The molecule has 254 valence electrons. The van der Waals surface area contributed by atoms with Crippen molar-refractivity contribution in [3.63, 3.8) is 0 Å². The molecule has 1 fully saturated rings. The molecule has 0 radical (unpaired) electrons. The molecule has 1 unspecified atom stereocenters. The second-order valence-corrected chi connectivity index (χ2v) is 13.0. The van der Waals surface area contributed by atoms with E-state index in [4.69, 9.17) is 10.5 Å². The van der Waals surface area contributed by atoms with Gasteiger partial charge in [-0.3, -0.25) is 29.5 Å². The van der Waals surface area contributed by atoms with Crippen molar-refractivity contribution in [3.8, 4) is 0 Å². The van der Waals surface area contributed by atoms with Gasteiger partial charge >= 0.3 is 6.09 Å². The van der Waals surface area contributed by atoms with Crippen LogP contribution in [0.5, 0.6) is 0 Å². The topological polar surface area (TPSA) is 149 Å². The molecule has 13 heteroatoms. The maximum absolute atomic E-state index is 13.7. The van der Waals surface area contributed by atoms with Gasteiger partial charge in [-0.1, -0.05) is 24.3 Å². The zero-order chi connectivity index (χ0) is 34.5. The molecule has 0 saturated carbocycles. The number of rotatable bonds is 12. The van der Waals surface area contributed by atoms with Crippen LogP contribution in [0, 0.1) is 12.8 Å². The Morgan fingerprint density at radius 2 is 1.64 bits per heavy atom. The molecule has 0 aromatic heterocycles. The van der Waals surface area contributed by atoms with E-state index >= 15 is 0 Å². The maximum atomic E-state index is 13.7. The highest BCUT2D eigenvalue weighted by molar-refractivity contribution is 6.01. The first-order chi connectivity index (χ1) is 22.2. The van der Waals surface area contributed by atoms with Gasteiger partial charge < -0.3 is 25.2 Å². The molecule has 0 aliphatic carbocycles. The number of hydrogen-bond acceptors (Lipinski definition) is 8.